The van der Waals surface area contributed by atoms with Gasteiger partial charge in [-0.25, -0.2) is 0 Å². The molecule has 0 spiro atoms. The largest absolute Gasteiger partial charge is 0.461 e. The molecule has 2 bridgehead atoms. The molecule has 0 aliphatic heterocycles. The molecule has 2 aromatic carbocycles. The van der Waals surface area contributed by atoms with Gasteiger partial charge in [-0.1, -0.05) is 67.3 Å². The van der Waals surface area contributed by atoms with Gasteiger partial charge in [-0.2, -0.15) is 0 Å². The lowest BCUT2D eigenvalue weighted by atomic mass is 9.85. The van der Waals surface area contributed by atoms with E-state index in [1.807, 2.05) is 12.1 Å². The number of rotatable bonds is 3. The fourth-order valence-corrected chi connectivity index (χ4v) is 4.47. The summed E-state index contributed by atoms with van der Waals surface area (Å²) in [5, 5.41) is 0. The molecular weight excluding hydrogens is 304 g/mol. The van der Waals surface area contributed by atoms with Gasteiger partial charge >= 0.3 is 0 Å². The monoisotopic (exact) mass is 324 g/mol. The minimum atomic E-state index is 0.510. The Balaban J connectivity index is 1.49. The summed E-state index contributed by atoms with van der Waals surface area (Å²) in [6.45, 7) is 3.89. The summed E-state index contributed by atoms with van der Waals surface area (Å²) < 4.78 is 6.20. The van der Waals surface area contributed by atoms with E-state index < -0.39 is 0 Å². The maximum Gasteiger partial charge on any atom is 0.127 e. The van der Waals surface area contributed by atoms with Crippen LogP contribution >= 0.6 is 0 Å². The molecule has 1 heteroatoms. The first kappa shape index (κ1) is 14.5. The Morgan fingerprint density at radius 1 is 0.880 bits per heavy atom. The SMILES string of the molecule is C=Cc1ccccc1/C=C/c1cc2c(o1)CC1CC2c2ccccc21. The first-order valence-corrected chi connectivity index (χ1v) is 8.94. The number of furan rings is 1. The maximum atomic E-state index is 6.20. The van der Waals surface area contributed by atoms with Gasteiger partial charge in [0.25, 0.3) is 0 Å². The standard InChI is InChI=1S/C24H20O/c1-2-16-7-3-4-8-17(16)11-12-19-15-23-22-13-18(14-24(23)25-19)20-9-5-6-10-21(20)22/h2-12,15,18,22H,1,13-14H2/b12-11+. The molecule has 2 aliphatic carbocycles. The Morgan fingerprint density at radius 2 is 1.64 bits per heavy atom. The minimum absolute atomic E-state index is 0.510. The molecule has 25 heavy (non-hydrogen) atoms. The topological polar surface area (TPSA) is 13.1 Å². The molecular formula is C24H20O. The van der Waals surface area contributed by atoms with Gasteiger partial charge in [0.1, 0.15) is 11.5 Å². The van der Waals surface area contributed by atoms with Gasteiger partial charge < -0.3 is 4.42 Å². The molecule has 3 aromatic rings. The molecule has 2 unspecified atom stereocenters. The number of fused-ring (bicyclic) bond motifs is 7. The summed E-state index contributed by atoms with van der Waals surface area (Å²) in [5.74, 6) is 3.26. The Bertz CT molecular complexity index is 989. The number of hydrogen-bond donors (Lipinski definition) is 0. The van der Waals surface area contributed by atoms with Crippen LogP contribution in [0.5, 0.6) is 0 Å². The first-order valence-electron chi connectivity index (χ1n) is 8.94. The van der Waals surface area contributed by atoms with Crippen molar-refractivity contribution in [1.82, 2.24) is 0 Å². The zero-order valence-corrected chi connectivity index (χ0v) is 14.1. The number of benzene rings is 2. The average Bonchev–Trinajstić information content (AvgIpc) is 3.21. The van der Waals surface area contributed by atoms with E-state index in [1.54, 1.807) is 0 Å². The lowest BCUT2D eigenvalue weighted by Crippen LogP contribution is -2.07. The average molecular weight is 324 g/mol. The molecule has 1 nitrogen and oxygen atoms in total. The van der Waals surface area contributed by atoms with Gasteiger partial charge in [0.2, 0.25) is 0 Å². The van der Waals surface area contributed by atoms with Crippen molar-refractivity contribution in [3.8, 4) is 0 Å². The van der Waals surface area contributed by atoms with E-state index in [2.05, 4.69) is 67.3 Å². The molecule has 0 saturated carbocycles. The Hall–Kier alpha value is -2.80. The summed E-state index contributed by atoms with van der Waals surface area (Å²) in [4.78, 5) is 0. The summed E-state index contributed by atoms with van der Waals surface area (Å²) in [6, 6.07) is 19.4. The number of hydrogen-bond acceptors (Lipinski definition) is 1. The molecule has 1 aromatic heterocycles. The normalized spacial score (nSPS) is 20.5. The fourth-order valence-electron chi connectivity index (χ4n) is 4.47. The molecule has 0 N–H and O–H groups in total. The quantitative estimate of drug-likeness (QED) is 0.553. The molecule has 2 aliphatic rings. The van der Waals surface area contributed by atoms with Crippen LogP contribution in [0.3, 0.4) is 0 Å². The van der Waals surface area contributed by atoms with Gasteiger partial charge in [-0.15, -0.1) is 0 Å². The fraction of sp³-hybridized carbons (Fsp3) is 0.167. The first-order chi connectivity index (χ1) is 12.3. The van der Waals surface area contributed by atoms with Crippen molar-refractivity contribution in [3.05, 3.63) is 101 Å². The highest BCUT2D eigenvalue weighted by atomic mass is 16.3. The molecule has 0 radical (unpaired) electrons. The zero-order valence-electron chi connectivity index (χ0n) is 14.1. The van der Waals surface area contributed by atoms with Gasteiger partial charge in [-0.3, -0.25) is 0 Å². The maximum absolute atomic E-state index is 6.20. The highest BCUT2D eigenvalue weighted by molar-refractivity contribution is 5.74. The van der Waals surface area contributed by atoms with Crippen LogP contribution in [0.15, 0.2) is 65.6 Å². The van der Waals surface area contributed by atoms with Crippen LogP contribution in [0.2, 0.25) is 0 Å². The molecule has 0 amide bonds. The van der Waals surface area contributed by atoms with Crippen LogP contribution in [0.4, 0.5) is 0 Å². The van der Waals surface area contributed by atoms with Crippen LogP contribution < -0.4 is 0 Å². The second-order valence-electron chi connectivity index (χ2n) is 7.01. The molecule has 1 heterocycles. The molecule has 122 valence electrons. The van der Waals surface area contributed by atoms with Crippen molar-refractivity contribution in [2.45, 2.75) is 24.7 Å². The van der Waals surface area contributed by atoms with Crippen LogP contribution in [0, 0.1) is 0 Å². The van der Waals surface area contributed by atoms with Crippen molar-refractivity contribution in [3.63, 3.8) is 0 Å². The van der Waals surface area contributed by atoms with E-state index in [9.17, 15) is 0 Å². The van der Waals surface area contributed by atoms with Crippen molar-refractivity contribution in [2.24, 2.45) is 0 Å². The third-order valence-electron chi connectivity index (χ3n) is 5.64. The molecule has 0 fully saturated rings. The van der Waals surface area contributed by atoms with E-state index in [0.29, 0.717) is 11.8 Å². The van der Waals surface area contributed by atoms with Gasteiger partial charge in [0.15, 0.2) is 0 Å². The summed E-state index contributed by atoms with van der Waals surface area (Å²) in [5.41, 5.74) is 6.72. The third kappa shape index (κ3) is 2.31. The third-order valence-corrected chi connectivity index (χ3v) is 5.64. The Labute approximate surface area is 148 Å². The zero-order chi connectivity index (χ0) is 16.8. The molecule has 0 saturated heterocycles. The van der Waals surface area contributed by atoms with Gasteiger partial charge in [0.05, 0.1) is 0 Å². The second-order valence-corrected chi connectivity index (χ2v) is 7.01. The van der Waals surface area contributed by atoms with Crippen molar-refractivity contribution >= 4 is 18.2 Å². The Morgan fingerprint density at radius 3 is 2.48 bits per heavy atom. The van der Waals surface area contributed by atoms with Crippen molar-refractivity contribution in [1.29, 1.82) is 0 Å². The van der Waals surface area contributed by atoms with Gasteiger partial charge in [0, 0.05) is 17.9 Å². The molecule has 5 rings (SSSR count). The van der Waals surface area contributed by atoms with Crippen LogP contribution in [0.1, 0.15) is 57.6 Å². The Kier molecular flexibility index (Phi) is 3.27. The van der Waals surface area contributed by atoms with Crippen LogP contribution in [-0.4, -0.2) is 0 Å². The van der Waals surface area contributed by atoms with E-state index in [4.69, 9.17) is 4.42 Å². The van der Waals surface area contributed by atoms with E-state index in [1.165, 1.54) is 34.4 Å². The predicted octanol–water partition coefficient (Wildman–Crippen LogP) is 6.27. The predicted molar refractivity (Wildman–Crippen MR) is 104 cm³/mol. The van der Waals surface area contributed by atoms with E-state index in [-0.39, 0.29) is 0 Å². The smallest absolute Gasteiger partial charge is 0.127 e. The van der Waals surface area contributed by atoms with Crippen LogP contribution in [-0.2, 0) is 6.42 Å². The second kappa shape index (κ2) is 5.63. The highest BCUT2D eigenvalue weighted by Gasteiger charge is 2.39. The summed E-state index contributed by atoms with van der Waals surface area (Å²) >= 11 is 0. The lowest BCUT2D eigenvalue weighted by molar-refractivity contribution is 0.449. The van der Waals surface area contributed by atoms with Crippen molar-refractivity contribution < 1.29 is 4.42 Å². The summed E-state index contributed by atoms with van der Waals surface area (Å²) in [6.07, 6.45) is 8.35. The minimum Gasteiger partial charge on any atom is -0.461 e. The van der Waals surface area contributed by atoms with Crippen molar-refractivity contribution in [2.75, 3.05) is 0 Å². The molecule has 2 atom stereocenters. The highest BCUT2D eigenvalue weighted by Crippen LogP contribution is 2.52. The summed E-state index contributed by atoms with van der Waals surface area (Å²) in [7, 11) is 0. The lowest BCUT2D eigenvalue weighted by Gasteiger charge is -2.18. The van der Waals surface area contributed by atoms with Crippen LogP contribution in [0.25, 0.3) is 18.2 Å². The van der Waals surface area contributed by atoms with Gasteiger partial charge in [-0.05, 0) is 46.7 Å². The van der Waals surface area contributed by atoms with E-state index in [0.717, 1.165) is 17.7 Å². The van der Waals surface area contributed by atoms with E-state index >= 15 is 0 Å².